The van der Waals surface area contributed by atoms with Gasteiger partial charge in [-0.1, -0.05) is 23.7 Å². The van der Waals surface area contributed by atoms with Crippen LogP contribution in [0.1, 0.15) is 11.1 Å². The van der Waals surface area contributed by atoms with Crippen molar-refractivity contribution in [1.29, 1.82) is 5.26 Å². The molecule has 0 aliphatic carbocycles. The Balaban J connectivity index is 2.04. The summed E-state index contributed by atoms with van der Waals surface area (Å²) in [7, 11) is 0. The van der Waals surface area contributed by atoms with Crippen molar-refractivity contribution in [3.8, 4) is 6.07 Å². The summed E-state index contributed by atoms with van der Waals surface area (Å²) in [5, 5.41) is 12.5. The van der Waals surface area contributed by atoms with Crippen molar-refractivity contribution in [1.82, 2.24) is 0 Å². The number of hydrogen-bond acceptors (Lipinski definition) is 3. The van der Waals surface area contributed by atoms with Gasteiger partial charge in [0.15, 0.2) is 0 Å². The van der Waals surface area contributed by atoms with Crippen molar-refractivity contribution in [2.45, 2.75) is 6.54 Å². The summed E-state index contributed by atoms with van der Waals surface area (Å²) < 4.78 is 0. The van der Waals surface area contributed by atoms with Crippen molar-refractivity contribution in [2.24, 2.45) is 0 Å². The normalized spacial score (nSPS) is 9.78. The summed E-state index contributed by atoms with van der Waals surface area (Å²) >= 11 is 5.95. The van der Waals surface area contributed by atoms with E-state index in [9.17, 15) is 0 Å². The van der Waals surface area contributed by atoms with Crippen LogP contribution >= 0.6 is 11.6 Å². The van der Waals surface area contributed by atoms with Crippen LogP contribution in [-0.2, 0) is 6.54 Å². The lowest BCUT2D eigenvalue weighted by Gasteiger charge is -2.07. The molecule has 0 unspecified atom stereocenters. The highest BCUT2D eigenvalue weighted by Gasteiger charge is 2.00. The zero-order valence-corrected chi connectivity index (χ0v) is 10.4. The molecule has 0 saturated heterocycles. The molecular formula is C14H12ClN3. The average molecular weight is 258 g/mol. The van der Waals surface area contributed by atoms with Crippen LogP contribution in [0, 0.1) is 11.3 Å². The first-order chi connectivity index (χ1) is 8.69. The Bertz CT molecular complexity index is 585. The first kappa shape index (κ1) is 12.3. The molecule has 0 atom stereocenters. The van der Waals surface area contributed by atoms with Crippen LogP contribution in [0.5, 0.6) is 0 Å². The third-order valence-electron chi connectivity index (χ3n) is 2.57. The van der Waals surface area contributed by atoms with Crippen molar-refractivity contribution >= 4 is 23.0 Å². The minimum absolute atomic E-state index is 0.458. The summed E-state index contributed by atoms with van der Waals surface area (Å²) in [6.07, 6.45) is 0. The van der Waals surface area contributed by atoms with Gasteiger partial charge in [-0.05, 0) is 35.9 Å². The van der Waals surface area contributed by atoms with Crippen LogP contribution in [-0.4, -0.2) is 0 Å². The van der Waals surface area contributed by atoms with Gasteiger partial charge >= 0.3 is 0 Å². The molecule has 0 aliphatic heterocycles. The zero-order valence-electron chi connectivity index (χ0n) is 9.65. The summed E-state index contributed by atoms with van der Waals surface area (Å²) in [6, 6.07) is 15.0. The van der Waals surface area contributed by atoms with Gasteiger partial charge in [0.2, 0.25) is 0 Å². The van der Waals surface area contributed by atoms with Gasteiger partial charge in [0.1, 0.15) is 6.07 Å². The molecule has 0 radical (unpaired) electrons. The number of halogens is 1. The summed E-state index contributed by atoms with van der Waals surface area (Å²) in [4.78, 5) is 0. The maximum Gasteiger partial charge on any atom is 0.101 e. The van der Waals surface area contributed by atoms with Crippen molar-refractivity contribution in [3.63, 3.8) is 0 Å². The van der Waals surface area contributed by atoms with Gasteiger partial charge in [-0.25, -0.2) is 0 Å². The van der Waals surface area contributed by atoms with Crippen LogP contribution in [0.4, 0.5) is 11.4 Å². The quantitative estimate of drug-likeness (QED) is 0.829. The molecule has 4 heteroatoms. The predicted molar refractivity (Wildman–Crippen MR) is 74.3 cm³/mol. The van der Waals surface area contributed by atoms with E-state index >= 15 is 0 Å². The Morgan fingerprint density at radius 2 is 1.89 bits per heavy atom. The van der Waals surface area contributed by atoms with Gasteiger partial charge in [-0.3, -0.25) is 0 Å². The fourth-order valence-corrected chi connectivity index (χ4v) is 1.78. The number of rotatable bonds is 3. The van der Waals surface area contributed by atoms with Crippen LogP contribution in [0.25, 0.3) is 0 Å². The van der Waals surface area contributed by atoms with E-state index in [4.69, 9.17) is 22.6 Å². The molecular weight excluding hydrogens is 246 g/mol. The van der Waals surface area contributed by atoms with Crippen molar-refractivity contribution in [2.75, 3.05) is 11.1 Å². The number of nitrogen functional groups attached to an aromatic ring is 1. The van der Waals surface area contributed by atoms with E-state index in [1.165, 1.54) is 0 Å². The second-order valence-electron chi connectivity index (χ2n) is 3.90. The predicted octanol–water partition coefficient (Wildman–Crippen LogP) is 3.41. The zero-order chi connectivity index (χ0) is 13.0. The maximum atomic E-state index is 8.78. The first-order valence-corrected chi connectivity index (χ1v) is 5.85. The monoisotopic (exact) mass is 257 g/mol. The van der Waals surface area contributed by atoms with Gasteiger partial charge in [0.05, 0.1) is 10.6 Å². The standard InChI is InChI=1S/C14H12ClN3/c15-14-7-13(6-3-11(14)8-16)18-9-10-1-4-12(17)5-2-10/h1-7,18H,9,17H2. The molecule has 2 aromatic carbocycles. The smallest absolute Gasteiger partial charge is 0.101 e. The Labute approximate surface area is 111 Å². The molecule has 0 heterocycles. The Hall–Kier alpha value is -2.18. The van der Waals surface area contributed by atoms with Gasteiger partial charge < -0.3 is 11.1 Å². The van der Waals surface area contributed by atoms with Gasteiger partial charge in [0.25, 0.3) is 0 Å². The molecule has 2 rings (SSSR count). The molecule has 3 nitrogen and oxygen atoms in total. The third-order valence-corrected chi connectivity index (χ3v) is 2.88. The fraction of sp³-hybridized carbons (Fsp3) is 0.0714. The summed E-state index contributed by atoms with van der Waals surface area (Å²) in [6.45, 7) is 0.683. The Kier molecular flexibility index (Phi) is 3.71. The van der Waals surface area contributed by atoms with Crippen LogP contribution in [0.15, 0.2) is 42.5 Å². The van der Waals surface area contributed by atoms with E-state index in [2.05, 4.69) is 5.32 Å². The van der Waals surface area contributed by atoms with Crippen LogP contribution in [0.2, 0.25) is 5.02 Å². The lowest BCUT2D eigenvalue weighted by Crippen LogP contribution is -1.99. The molecule has 2 aromatic rings. The highest BCUT2D eigenvalue weighted by molar-refractivity contribution is 6.32. The lowest BCUT2D eigenvalue weighted by atomic mass is 10.2. The number of hydrogen-bond donors (Lipinski definition) is 2. The number of benzene rings is 2. The van der Waals surface area contributed by atoms with E-state index in [1.54, 1.807) is 12.1 Å². The highest BCUT2D eigenvalue weighted by Crippen LogP contribution is 2.20. The lowest BCUT2D eigenvalue weighted by molar-refractivity contribution is 1.15. The minimum atomic E-state index is 0.458. The number of nitrogens with zero attached hydrogens (tertiary/aromatic N) is 1. The van der Waals surface area contributed by atoms with E-state index < -0.39 is 0 Å². The topological polar surface area (TPSA) is 61.8 Å². The first-order valence-electron chi connectivity index (χ1n) is 5.47. The third kappa shape index (κ3) is 2.93. The number of anilines is 2. The number of nitrogens with one attached hydrogen (secondary N) is 1. The molecule has 0 amide bonds. The van der Waals surface area contributed by atoms with Gasteiger partial charge in [-0.15, -0.1) is 0 Å². The number of nitriles is 1. The number of nitrogens with two attached hydrogens (primary N) is 1. The van der Waals surface area contributed by atoms with Crippen LogP contribution in [0.3, 0.4) is 0 Å². The summed E-state index contributed by atoms with van der Waals surface area (Å²) in [5.41, 5.74) is 8.86. The average Bonchev–Trinajstić information content (AvgIpc) is 2.38. The molecule has 18 heavy (non-hydrogen) atoms. The molecule has 0 spiro atoms. The van der Waals surface area contributed by atoms with Crippen LogP contribution < -0.4 is 11.1 Å². The highest BCUT2D eigenvalue weighted by atomic mass is 35.5. The largest absolute Gasteiger partial charge is 0.399 e. The molecule has 0 aromatic heterocycles. The molecule has 0 aliphatic rings. The van der Waals surface area contributed by atoms with E-state index in [0.29, 0.717) is 17.1 Å². The van der Waals surface area contributed by atoms with Crippen molar-refractivity contribution in [3.05, 3.63) is 58.6 Å². The second kappa shape index (κ2) is 5.44. The maximum absolute atomic E-state index is 8.78. The Morgan fingerprint density at radius 1 is 1.17 bits per heavy atom. The van der Waals surface area contributed by atoms with Gasteiger partial charge in [-0.2, -0.15) is 5.26 Å². The molecule has 3 N–H and O–H groups in total. The van der Waals surface area contributed by atoms with Crippen molar-refractivity contribution < 1.29 is 0 Å². The van der Waals surface area contributed by atoms with E-state index in [0.717, 1.165) is 16.9 Å². The second-order valence-corrected chi connectivity index (χ2v) is 4.31. The SMILES string of the molecule is N#Cc1ccc(NCc2ccc(N)cc2)cc1Cl. The molecule has 0 bridgehead atoms. The molecule has 0 saturated carbocycles. The fourth-order valence-electron chi connectivity index (χ4n) is 1.56. The van der Waals surface area contributed by atoms with E-state index in [1.807, 2.05) is 36.4 Å². The molecule has 0 fully saturated rings. The minimum Gasteiger partial charge on any atom is -0.399 e. The van der Waals surface area contributed by atoms with Gasteiger partial charge in [0, 0.05) is 17.9 Å². The van der Waals surface area contributed by atoms with E-state index in [-0.39, 0.29) is 0 Å². The molecule has 90 valence electrons. The Morgan fingerprint density at radius 3 is 2.50 bits per heavy atom. The summed E-state index contributed by atoms with van der Waals surface area (Å²) in [5.74, 6) is 0.